The average molecular weight is 227 g/mol. The number of halogens is 1. The van der Waals surface area contributed by atoms with E-state index in [9.17, 15) is 5.11 Å². The van der Waals surface area contributed by atoms with Crippen LogP contribution in [0.25, 0.3) is 0 Å². The summed E-state index contributed by atoms with van der Waals surface area (Å²) in [4.78, 5) is 1.40. The second kappa shape index (κ2) is 3.34. The topological polar surface area (TPSA) is 63.8 Å². The van der Waals surface area contributed by atoms with Crippen LogP contribution in [0.3, 0.4) is 0 Å². The van der Waals surface area contributed by atoms with Crippen molar-refractivity contribution in [3.8, 4) is 0 Å². The van der Waals surface area contributed by atoms with Gasteiger partial charge in [0.05, 0.1) is 17.5 Å². The molecule has 1 N–H and O–H groups in total. The van der Waals surface area contributed by atoms with Gasteiger partial charge in [-0.1, -0.05) is 17.7 Å². The number of aliphatic hydroxyl groups is 1. The van der Waals surface area contributed by atoms with E-state index < -0.39 is 5.41 Å². The molecule has 0 bridgehead atoms. The number of hydrogen-bond donors (Lipinski definition) is 1. The minimum atomic E-state index is -0.391. The second-order valence-electron chi connectivity index (χ2n) is 3.82. The largest absolute Gasteiger partial charge is 0.507 e. The van der Waals surface area contributed by atoms with Crippen molar-refractivity contribution in [2.75, 3.05) is 0 Å². The van der Waals surface area contributed by atoms with Gasteiger partial charge in [0, 0.05) is 6.42 Å². The molecule has 0 saturated carbocycles. The summed E-state index contributed by atoms with van der Waals surface area (Å²) in [7, 11) is 1.71. The van der Waals surface area contributed by atoms with Crippen molar-refractivity contribution >= 4 is 11.6 Å². The second-order valence-corrected chi connectivity index (χ2v) is 4.28. The van der Waals surface area contributed by atoms with Crippen LogP contribution in [-0.4, -0.2) is 25.3 Å². The maximum absolute atomic E-state index is 9.36. The Kier molecular flexibility index (Phi) is 2.26. The smallest absolute Gasteiger partial charge is 0.184 e. The van der Waals surface area contributed by atoms with Crippen LogP contribution < -0.4 is 0 Å². The molecule has 0 amide bonds. The van der Waals surface area contributed by atoms with Crippen molar-refractivity contribution in [2.45, 2.75) is 18.8 Å². The van der Waals surface area contributed by atoms with Crippen LogP contribution in [-0.2, 0) is 12.5 Å². The first-order chi connectivity index (χ1) is 7.01. The van der Waals surface area contributed by atoms with E-state index in [1.54, 1.807) is 13.1 Å². The number of hydrogen-bond acceptors (Lipinski definition) is 4. The molecule has 1 aromatic rings. The summed E-state index contributed by atoms with van der Waals surface area (Å²) in [5.74, 6) is 0.713. The number of tetrazole rings is 1. The molecular weight excluding hydrogens is 216 g/mol. The molecule has 80 valence electrons. The maximum atomic E-state index is 9.36. The van der Waals surface area contributed by atoms with Gasteiger partial charge >= 0.3 is 0 Å². The molecule has 1 heterocycles. The van der Waals surface area contributed by atoms with Gasteiger partial charge in [-0.05, 0) is 18.2 Å². The average Bonchev–Trinajstić information content (AvgIpc) is 2.60. The summed E-state index contributed by atoms with van der Waals surface area (Å²) in [6.45, 7) is 1.95. The molecule has 0 fully saturated rings. The fraction of sp³-hybridized carbons (Fsp3) is 0.444. The highest BCUT2D eigenvalue weighted by atomic mass is 35.5. The number of aryl methyl sites for hydroxylation is 1. The summed E-state index contributed by atoms with van der Waals surface area (Å²) in [5, 5.41) is 21.7. The Morgan fingerprint density at radius 2 is 2.33 bits per heavy atom. The van der Waals surface area contributed by atoms with Crippen LogP contribution in [0.1, 0.15) is 19.2 Å². The van der Waals surface area contributed by atoms with Gasteiger partial charge in [-0.3, -0.25) is 0 Å². The lowest BCUT2D eigenvalue weighted by atomic mass is 9.82. The Balaban J connectivity index is 2.35. The first kappa shape index (κ1) is 10.2. The third-order valence-corrected chi connectivity index (χ3v) is 2.76. The van der Waals surface area contributed by atoms with Gasteiger partial charge in [0.1, 0.15) is 5.76 Å². The predicted molar refractivity (Wildman–Crippen MR) is 55.4 cm³/mol. The van der Waals surface area contributed by atoms with Crippen molar-refractivity contribution in [1.82, 2.24) is 20.2 Å². The molecule has 15 heavy (non-hydrogen) atoms. The van der Waals surface area contributed by atoms with Crippen molar-refractivity contribution in [3.05, 3.63) is 28.8 Å². The molecule has 2 rings (SSSR count). The first-order valence-electron chi connectivity index (χ1n) is 4.52. The van der Waals surface area contributed by atoms with Gasteiger partial charge in [-0.15, -0.1) is 10.2 Å². The van der Waals surface area contributed by atoms with E-state index in [2.05, 4.69) is 15.4 Å². The van der Waals surface area contributed by atoms with Crippen LogP contribution in [0.2, 0.25) is 0 Å². The van der Waals surface area contributed by atoms with Crippen molar-refractivity contribution in [1.29, 1.82) is 0 Å². The minimum Gasteiger partial charge on any atom is -0.507 e. The monoisotopic (exact) mass is 226 g/mol. The molecule has 0 spiro atoms. The molecule has 1 aliphatic carbocycles. The molecule has 1 aromatic heterocycles. The minimum absolute atomic E-state index is 0.109. The predicted octanol–water partition coefficient (Wildman–Crippen LogP) is 1.44. The zero-order valence-corrected chi connectivity index (χ0v) is 9.23. The lowest BCUT2D eigenvalue weighted by Crippen LogP contribution is -2.24. The van der Waals surface area contributed by atoms with Gasteiger partial charge in [0.15, 0.2) is 5.82 Å². The van der Waals surface area contributed by atoms with E-state index in [0.717, 1.165) is 0 Å². The Labute approximate surface area is 92.0 Å². The number of allylic oxidation sites excluding steroid dienone is 3. The third-order valence-electron chi connectivity index (χ3n) is 2.43. The highest BCUT2D eigenvalue weighted by Gasteiger charge is 2.32. The number of nitrogens with zero attached hydrogens (tertiary/aromatic N) is 4. The van der Waals surface area contributed by atoms with Crippen LogP contribution in [0.5, 0.6) is 0 Å². The van der Waals surface area contributed by atoms with E-state index in [1.165, 1.54) is 4.80 Å². The standard InChI is InChI=1S/C9H11ClN4O/c1-9(8-11-13-14(2)12-8)4-3-7(15)6(10)5-9/h3-4,15H,5H2,1-2H3. The van der Waals surface area contributed by atoms with E-state index >= 15 is 0 Å². The molecule has 0 aromatic carbocycles. The molecule has 0 aliphatic heterocycles. The van der Waals surface area contributed by atoms with E-state index in [-0.39, 0.29) is 5.76 Å². The van der Waals surface area contributed by atoms with Gasteiger partial charge in [0.25, 0.3) is 0 Å². The molecule has 5 nitrogen and oxygen atoms in total. The maximum Gasteiger partial charge on any atom is 0.184 e. The lowest BCUT2D eigenvalue weighted by Gasteiger charge is -2.24. The van der Waals surface area contributed by atoms with E-state index in [4.69, 9.17) is 11.6 Å². The van der Waals surface area contributed by atoms with Gasteiger partial charge in [-0.2, -0.15) is 4.80 Å². The number of aromatic nitrogens is 4. The number of aliphatic hydroxyl groups excluding tert-OH is 1. The highest BCUT2D eigenvalue weighted by Crippen LogP contribution is 2.36. The molecule has 0 radical (unpaired) electrons. The summed E-state index contributed by atoms with van der Waals surface area (Å²) in [6.07, 6.45) is 3.90. The Bertz CT molecular complexity index is 451. The zero-order valence-electron chi connectivity index (χ0n) is 8.48. The summed E-state index contributed by atoms with van der Waals surface area (Å²) < 4.78 is 0. The summed E-state index contributed by atoms with van der Waals surface area (Å²) in [6, 6.07) is 0. The molecular formula is C9H11ClN4O. The Hall–Kier alpha value is -1.36. The first-order valence-corrected chi connectivity index (χ1v) is 4.90. The highest BCUT2D eigenvalue weighted by molar-refractivity contribution is 6.30. The van der Waals surface area contributed by atoms with Crippen molar-refractivity contribution < 1.29 is 5.11 Å². The van der Waals surface area contributed by atoms with Crippen LogP contribution in [0.4, 0.5) is 0 Å². The van der Waals surface area contributed by atoms with Crippen LogP contribution in [0, 0.1) is 0 Å². The Morgan fingerprint density at radius 3 is 2.87 bits per heavy atom. The van der Waals surface area contributed by atoms with Gasteiger partial charge < -0.3 is 5.11 Å². The summed E-state index contributed by atoms with van der Waals surface area (Å²) >= 11 is 5.90. The van der Waals surface area contributed by atoms with Crippen molar-refractivity contribution in [2.24, 2.45) is 7.05 Å². The fourth-order valence-electron chi connectivity index (χ4n) is 1.49. The Morgan fingerprint density at radius 1 is 1.60 bits per heavy atom. The molecule has 1 unspecified atom stereocenters. The normalized spacial score (nSPS) is 26.1. The van der Waals surface area contributed by atoms with Gasteiger partial charge in [-0.25, -0.2) is 0 Å². The van der Waals surface area contributed by atoms with Crippen molar-refractivity contribution in [3.63, 3.8) is 0 Å². The molecule has 1 aliphatic rings. The fourth-order valence-corrected chi connectivity index (χ4v) is 1.83. The molecule has 1 atom stereocenters. The molecule has 6 heteroatoms. The lowest BCUT2D eigenvalue weighted by molar-refractivity contribution is 0.410. The zero-order chi connectivity index (χ0) is 11.1. The van der Waals surface area contributed by atoms with E-state index in [0.29, 0.717) is 17.3 Å². The van der Waals surface area contributed by atoms with Crippen LogP contribution in [0.15, 0.2) is 22.9 Å². The quantitative estimate of drug-likeness (QED) is 0.787. The van der Waals surface area contributed by atoms with Gasteiger partial charge in [0.2, 0.25) is 0 Å². The van der Waals surface area contributed by atoms with Crippen LogP contribution >= 0.6 is 11.6 Å². The molecule has 0 saturated heterocycles. The summed E-state index contributed by atoms with van der Waals surface area (Å²) in [5.41, 5.74) is -0.391. The van der Waals surface area contributed by atoms with E-state index in [1.807, 2.05) is 13.0 Å². The SMILES string of the molecule is Cn1nnc(C2(C)C=CC(O)=C(Cl)C2)n1. The third kappa shape index (κ3) is 1.74. The number of rotatable bonds is 1.